The molecule has 0 bridgehead atoms. The number of halogens is 2. The van der Waals surface area contributed by atoms with Gasteiger partial charge in [-0.2, -0.15) is 0 Å². The molecule has 23 heavy (non-hydrogen) atoms. The summed E-state index contributed by atoms with van der Waals surface area (Å²) in [6.07, 6.45) is 1.55. The van der Waals surface area contributed by atoms with Crippen molar-refractivity contribution in [1.82, 2.24) is 4.98 Å². The van der Waals surface area contributed by atoms with Crippen LogP contribution in [0.3, 0.4) is 0 Å². The molecule has 1 amide bonds. The Kier molecular flexibility index (Phi) is 3.96. The third kappa shape index (κ3) is 2.87. The number of fused-ring (bicyclic) bond motifs is 1. The lowest BCUT2D eigenvalue weighted by Crippen LogP contribution is -2.12. The molecule has 0 atom stereocenters. The molecule has 6 heteroatoms. The van der Waals surface area contributed by atoms with Crippen LogP contribution in [-0.4, -0.2) is 18.0 Å². The Labute approximate surface area is 137 Å². The minimum absolute atomic E-state index is 0.356. The van der Waals surface area contributed by atoms with Gasteiger partial charge >= 0.3 is 0 Å². The van der Waals surface area contributed by atoms with E-state index in [9.17, 15) is 9.18 Å². The minimum Gasteiger partial charge on any atom is -0.495 e. The van der Waals surface area contributed by atoms with Gasteiger partial charge in [0.1, 0.15) is 11.6 Å². The third-order valence-corrected chi connectivity index (χ3v) is 4.02. The molecule has 0 saturated carbocycles. The summed E-state index contributed by atoms with van der Waals surface area (Å²) in [6.45, 7) is 1.83. The van der Waals surface area contributed by atoms with Crippen LogP contribution in [-0.2, 0) is 0 Å². The molecule has 1 aromatic heterocycles. The lowest BCUT2D eigenvalue weighted by Gasteiger charge is -2.12. The number of hydrogen-bond donors (Lipinski definition) is 2. The van der Waals surface area contributed by atoms with Gasteiger partial charge in [0.05, 0.1) is 18.4 Å². The molecule has 2 aromatic carbocycles. The molecule has 0 aliphatic heterocycles. The van der Waals surface area contributed by atoms with Gasteiger partial charge in [-0.25, -0.2) is 4.39 Å². The van der Waals surface area contributed by atoms with Gasteiger partial charge in [-0.05, 0) is 36.8 Å². The highest BCUT2D eigenvalue weighted by Crippen LogP contribution is 2.31. The molecule has 0 radical (unpaired) electrons. The van der Waals surface area contributed by atoms with Gasteiger partial charge in [0.2, 0.25) is 0 Å². The zero-order chi connectivity index (χ0) is 16.6. The summed E-state index contributed by atoms with van der Waals surface area (Å²) in [5.74, 6) is -0.298. The van der Waals surface area contributed by atoms with Crippen molar-refractivity contribution >= 4 is 34.1 Å². The van der Waals surface area contributed by atoms with Crippen LogP contribution >= 0.6 is 11.6 Å². The summed E-state index contributed by atoms with van der Waals surface area (Å²) < 4.78 is 18.7. The Balaban J connectivity index is 1.98. The molecule has 0 saturated heterocycles. The summed E-state index contributed by atoms with van der Waals surface area (Å²) in [4.78, 5) is 15.5. The van der Waals surface area contributed by atoms with Crippen molar-refractivity contribution in [3.05, 3.63) is 58.5 Å². The summed E-state index contributed by atoms with van der Waals surface area (Å²) in [6, 6.07) is 7.63. The van der Waals surface area contributed by atoms with E-state index in [2.05, 4.69) is 10.3 Å². The van der Waals surface area contributed by atoms with Crippen molar-refractivity contribution in [2.24, 2.45) is 0 Å². The maximum atomic E-state index is 13.4. The maximum Gasteiger partial charge on any atom is 0.257 e. The monoisotopic (exact) mass is 332 g/mol. The molecule has 0 unspecified atom stereocenters. The first-order valence-electron chi connectivity index (χ1n) is 6.91. The average Bonchev–Trinajstić information content (AvgIpc) is 2.93. The SMILES string of the molecule is COc1cc(Cl)c(C)cc1NC(=O)c1c[nH]c2ccc(F)cc12. The zero-order valence-corrected chi connectivity index (χ0v) is 13.3. The standard InChI is InChI=1S/C17H14ClFN2O2/c1-9-5-15(16(23-2)7-13(9)18)21-17(22)12-8-20-14-4-3-10(19)6-11(12)14/h3-8,20H,1-2H3,(H,21,22). The Morgan fingerprint density at radius 2 is 2.09 bits per heavy atom. The Bertz CT molecular complexity index is 905. The molecular weight excluding hydrogens is 319 g/mol. The summed E-state index contributed by atoms with van der Waals surface area (Å²) >= 11 is 6.06. The van der Waals surface area contributed by atoms with E-state index < -0.39 is 5.82 Å². The largest absolute Gasteiger partial charge is 0.495 e. The predicted octanol–water partition coefficient (Wildman–Crippen LogP) is 4.53. The van der Waals surface area contributed by atoms with Crippen LogP contribution in [0.1, 0.15) is 15.9 Å². The second-order valence-corrected chi connectivity index (χ2v) is 5.56. The van der Waals surface area contributed by atoms with Crippen LogP contribution < -0.4 is 10.1 Å². The van der Waals surface area contributed by atoms with Crippen molar-refractivity contribution in [2.45, 2.75) is 6.92 Å². The van der Waals surface area contributed by atoms with Gasteiger partial charge in [-0.3, -0.25) is 4.79 Å². The van der Waals surface area contributed by atoms with Gasteiger partial charge in [-0.1, -0.05) is 11.6 Å². The van der Waals surface area contributed by atoms with Crippen molar-refractivity contribution < 1.29 is 13.9 Å². The van der Waals surface area contributed by atoms with E-state index in [-0.39, 0.29) is 5.91 Å². The fourth-order valence-corrected chi connectivity index (χ4v) is 2.55. The highest BCUT2D eigenvalue weighted by Gasteiger charge is 2.15. The van der Waals surface area contributed by atoms with E-state index in [0.29, 0.717) is 32.9 Å². The number of nitrogens with one attached hydrogen (secondary N) is 2. The van der Waals surface area contributed by atoms with Crippen LogP contribution in [0.2, 0.25) is 5.02 Å². The van der Waals surface area contributed by atoms with E-state index in [1.54, 1.807) is 24.4 Å². The molecule has 0 aliphatic rings. The van der Waals surface area contributed by atoms with Crippen molar-refractivity contribution in [2.75, 3.05) is 12.4 Å². The van der Waals surface area contributed by atoms with Crippen LogP contribution in [0.15, 0.2) is 36.5 Å². The lowest BCUT2D eigenvalue weighted by atomic mass is 10.1. The quantitative estimate of drug-likeness (QED) is 0.740. The van der Waals surface area contributed by atoms with Crippen LogP contribution in [0.5, 0.6) is 5.75 Å². The number of methoxy groups -OCH3 is 1. The molecule has 1 heterocycles. The van der Waals surface area contributed by atoms with Gasteiger partial charge in [0, 0.05) is 28.2 Å². The van der Waals surface area contributed by atoms with Crippen molar-refractivity contribution in [3.63, 3.8) is 0 Å². The summed E-state index contributed by atoms with van der Waals surface area (Å²) in [7, 11) is 1.50. The lowest BCUT2D eigenvalue weighted by molar-refractivity contribution is 0.102. The number of anilines is 1. The topological polar surface area (TPSA) is 54.1 Å². The molecule has 0 fully saturated rings. The number of amides is 1. The minimum atomic E-state index is -0.397. The van der Waals surface area contributed by atoms with Gasteiger partial charge in [-0.15, -0.1) is 0 Å². The number of hydrogen-bond acceptors (Lipinski definition) is 2. The molecule has 0 spiro atoms. The number of H-pyrrole nitrogens is 1. The Hall–Kier alpha value is -2.53. The van der Waals surface area contributed by atoms with E-state index in [1.807, 2.05) is 6.92 Å². The highest BCUT2D eigenvalue weighted by molar-refractivity contribution is 6.31. The van der Waals surface area contributed by atoms with Gasteiger partial charge in [0.15, 0.2) is 0 Å². The number of aromatic nitrogens is 1. The molecule has 3 rings (SSSR count). The number of carbonyl (C=O) groups is 1. The Morgan fingerprint density at radius 3 is 2.83 bits per heavy atom. The number of rotatable bonds is 3. The number of ether oxygens (including phenoxy) is 1. The molecular formula is C17H14ClFN2O2. The highest BCUT2D eigenvalue weighted by atomic mass is 35.5. The van der Waals surface area contributed by atoms with Gasteiger partial charge < -0.3 is 15.0 Å². The number of aromatic amines is 1. The Morgan fingerprint density at radius 1 is 1.30 bits per heavy atom. The number of benzene rings is 2. The molecule has 4 nitrogen and oxygen atoms in total. The van der Waals surface area contributed by atoms with E-state index in [4.69, 9.17) is 16.3 Å². The summed E-state index contributed by atoms with van der Waals surface area (Å²) in [5.41, 5.74) is 2.36. The second kappa shape index (κ2) is 5.93. The van der Waals surface area contributed by atoms with Crippen LogP contribution in [0, 0.1) is 12.7 Å². The van der Waals surface area contributed by atoms with E-state index in [0.717, 1.165) is 5.56 Å². The first kappa shape index (κ1) is 15.4. The van der Waals surface area contributed by atoms with E-state index >= 15 is 0 Å². The van der Waals surface area contributed by atoms with Crippen LogP contribution in [0.4, 0.5) is 10.1 Å². The number of aryl methyl sites for hydroxylation is 1. The molecule has 0 aliphatic carbocycles. The molecule has 2 N–H and O–H groups in total. The predicted molar refractivity (Wildman–Crippen MR) is 89.0 cm³/mol. The maximum absolute atomic E-state index is 13.4. The second-order valence-electron chi connectivity index (χ2n) is 5.15. The van der Waals surface area contributed by atoms with Crippen molar-refractivity contribution in [3.8, 4) is 5.75 Å². The summed E-state index contributed by atoms with van der Waals surface area (Å²) in [5, 5.41) is 3.85. The van der Waals surface area contributed by atoms with Crippen LogP contribution in [0.25, 0.3) is 10.9 Å². The third-order valence-electron chi connectivity index (χ3n) is 3.62. The fraction of sp³-hybridized carbons (Fsp3) is 0.118. The molecule has 118 valence electrons. The molecule has 3 aromatic rings. The van der Waals surface area contributed by atoms with Crippen molar-refractivity contribution in [1.29, 1.82) is 0 Å². The number of carbonyl (C=O) groups excluding carboxylic acids is 1. The van der Waals surface area contributed by atoms with Gasteiger partial charge in [0.25, 0.3) is 5.91 Å². The fourth-order valence-electron chi connectivity index (χ4n) is 2.40. The first-order valence-corrected chi connectivity index (χ1v) is 7.29. The van der Waals surface area contributed by atoms with E-state index in [1.165, 1.54) is 19.2 Å². The first-order chi connectivity index (χ1) is 11.0. The smallest absolute Gasteiger partial charge is 0.257 e. The zero-order valence-electron chi connectivity index (χ0n) is 12.5. The normalized spacial score (nSPS) is 10.8. The average molecular weight is 333 g/mol.